The van der Waals surface area contributed by atoms with E-state index in [2.05, 4.69) is 25.3 Å². The summed E-state index contributed by atoms with van der Waals surface area (Å²) in [6.07, 6.45) is 1.46. The van der Waals surface area contributed by atoms with Crippen LogP contribution in [-0.2, 0) is 10.9 Å². The average Bonchev–Trinajstić information content (AvgIpc) is 3.57. The smallest absolute Gasteiger partial charge is 0.389 e. The summed E-state index contributed by atoms with van der Waals surface area (Å²) in [6, 6.07) is 3.20. The number of likely N-dealkylation sites (tertiary alicyclic amines) is 1. The maximum absolute atomic E-state index is 14.1. The highest BCUT2D eigenvalue weighted by Crippen LogP contribution is 2.42. The van der Waals surface area contributed by atoms with Crippen molar-refractivity contribution in [2.45, 2.75) is 69.3 Å². The van der Waals surface area contributed by atoms with Crippen LogP contribution in [0.25, 0.3) is 10.9 Å². The van der Waals surface area contributed by atoms with Crippen molar-refractivity contribution in [1.29, 1.82) is 0 Å². The standard InChI is InChI=1S/C26H31F3N6O2/c1-15-22(12-31-35(15)18-3-4-18)33-24-30-11-17-9-20(26(27,28)29)19(10-21(17)32-24)16-5-7-34(8-6-16)25(2)14-37-13-23(25)36/h9-12,16,18,23,36H,3-8,13-14H2,1-2H3,(H,30,32,33). The summed E-state index contributed by atoms with van der Waals surface area (Å²) in [4.78, 5) is 11.0. The molecule has 0 spiro atoms. The van der Waals surface area contributed by atoms with Crippen LogP contribution in [0.15, 0.2) is 24.5 Å². The lowest BCUT2D eigenvalue weighted by molar-refractivity contribution is -0.138. The van der Waals surface area contributed by atoms with Gasteiger partial charge in [-0.1, -0.05) is 0 Å². The van der Waals surface area contributed by atoms with E-state index in [0.717, 1.165) is 24.2 Å². The number of aromatic nitrogens is 4. The Kier molecular flexibility index (Phi) is 5.92. The molecule has 2 aliphatic heterocycles. The maximum Gasteiger partial charge on any atom is 0.416 e. The van der Waals surface area contributed by atoms with E-state index in [4.69, 9.17) is 4.74 Å². The number of hydrogen-bond donors (Lipinski definition) is 2. The predicted octanol–water partition coefficient (Wildman–Crippen LogP) is 4.56. The molecular weight excluding hydrogens is 485 g/mol. The molecule has 37 heavy (non-hydrogen) atoms. The number of halogens is 3. The van der Waals surface area contributed by atoms with Crippen LogP contribution in [0.5, 0.6) is 0 Å². The van der Waals surface area contributed by atoms with Crippen LogP contribution in [0.3, 0.4) is 0 Å². The van der Waals surface area contributed by atoms with Gasteiger partial charge in [0.2, 0.25) is 5.95 Å². The van der Waals surface area contributed by atoms with Crippen molar-refractivity contribution in [2.75, 3.05) is 31.6 Å². The minimum absolute atomic E-state index is 0.259. The monoisotopic (exact) mass is 516 g/mol. The number of anilines is 2. The van der Waals surface area contributed by atoms with Crippen LogP contribution in [0.1, 0.15) is 61.4 Å². The van der Waals surface area contributed by atoms with Crippen molar-refractivity contribution in [3.05, 3.63) is 41.3 Å². The summed E-state index contributed by atoms with van der Waals surface area (Å²) in [7, 11) is 0. The SMILES string of the molecule is Cc1c(Nc2ncc3cc(C(F)(F)F)c(C4CCN(C5(C)COCC5O)CC4)cc3n2)cnn1C1CC1. The Labute approximate surface area is 212 Å². The van der Waals surface area contributed by atoms with Gasteiger partial charge in [-0.3, -0.25) is 9.58 Å². The van der Waals surface area contributed by atoms with Crippen LogP contribution in [0, 0.1) is 6.92 Å². The number of nitrogens with one attached hydrogen (secondary N) is 1. The predicted molar refractivity (Wildman–Crippen MR) is 132 cm³/mol. The zero-order chi connectivity index (χ0) is 25.9. The molecule has 1 saturated carbocycles. The molecule has 6 rings (SSSR count). The highest BCUT2D eigenvalue weighted by molar-refractivity contribution is 5.81. The van der Waals surface area contributed by atoms with E-state index in [9.17, 15) is 18.3 Å². The van der Waals surface area contributed by atoms with Gasteiger partial charge >= 0.3 is 6.18 Å². The molecule has 0 amide bonds. The van der Waals surface area contributed by atoms with Gasteiger partial charge in [0, 0.05) is 11.6 Å². The Hall–Kier alpha value is -2.76. The Morgan fingerprint density at radius 1 is 1.14 bits per heavy atom. The number of ether oxygens (including phenoxy) is 1. The molecule has 4 heterocycles. The summed E-state index contributed by atoms with van der Waals surface area (Å²) in [5, 5.41) is 18.4. The first-order valence-electron chi connectivity index (χ1n) is 12.8. The first kappa shape index (κ1) is 24.6. The van der Waals surface area contributed by atoms with E-state index in [0.29, 0.717) is 55.4 Å². The molecule has 3 aromatic rings. The van der Waals surface area contributed by atoms with E-state index < -0.39 is 23.4 Å². The number of aliphatic hydroxyl groups is 1. The number of benzene rings is 1. The zero-order valence-corrected chi connectivity index (χ0v) is 20.9. The zero-order valence-electron chi connectivity index (χ0n) is 20.9. The van der Waals surface area contributed by atoms with E-state index >= 15 is 0 Å². The number of rotatable bonds is 5. The second kappa shape index (κ2) is 8.92. The van der Waals surface area contributed by atoms with Crippen LogP contribution >= 0.6 is 0 Å². The topological polar surface area (TPSA) is 88.3 Å². The fourth-order valence-corrected chi connectivity index (χ4v) is 5.75. The lowest BCUT2D eigenvalue weighted by Crippen LogP contribution is -2.56. The lowest BCUT2D eigenvalue weighted by Gasteiger charge is -2.44. The molecule has 2 N–H and O–H groups in total. The minimum Gasteiger partial charge on any atom is -0.389 e. The molecule has 2 saturated heterocycles. The van der Waals surface area contributed by atoms with Gasteiger partial charge in [-0.05, 0) is 76.2 Å². The number of nitrogens with zero attached hydrogens (tertiary/aromatic N) is 5. The van der Waals surface area contributed by atoms with Gasteiger partial charge in [-0.15, -0.1) is 0 Å². The Morgan fingerprint density at radius 2 is 1.89 bits per heavy atom. The number of fused-ring (bicyclic) bond motifs is 1. The molecule has 2 unspecified atom stereocenters. The van der Waals surface area contributed by atoms with Gasteiger partial charge in [-0.2, -0.15) is 18.3 Å². The summed E-state index contributed by atoms with van der Waals surface area (Å²) < 4.78 is 49.8. The Morgan fingerprint density at radius 3 is 2.54 bits per heavy atom. The van der Waals surface area contributed by atoms with Gasteiger partial charge in [-0.25, -0.2) is 9.97 Å². The number of alkyl halides is 3. The van der Waals surface area contributed by atoms with Crippen molar-refractivity contribution in [3.8, 4) is 0 Å². The van der Waals surface area contributed by atoms with Gasteiger partial charge in [0.05, 0.1) is 59.6 Å². The van der Waals surface area contributed by atoms with Gasteiger partial charge in [0.1, 0.15) is 0 Å². The number of hydrogen-bond acceptors (Lipinski definition) is 7. The van der Waals surface area contributed by atoms with E-state index in [1.165, 1.54) is 12.3 Å². The molecule has 1 aliphatic carbocycles. The molecule has 3 aliphatic rings. The van der Waals surface area contributed by atoms with Crippen LogP contribution < -0.4 is 5.32 Å². The summed E-state index contributed by atoms with van der Waals surface area (Å²) in [6.45, 7) is 5.84. The molecule has 2 aromatic heterocycles. The van der Waals surface area contributed by atoms with Gasteiger partial charge in [0.15, 0.2) is 0 Å². The fourth-order valence-electron chi connectivity index (χ4n) is 5.75. The molecule has 198 valence electrons. The molecule has 0 radical (unpaired) electrons. The van der Waals surface area contributed by atoms with E-state index in [1.54, 1.807) is 12.3 Å². The van der Waals surface area contributed by atoms with Crippen molar-refractivity contribution in [2.24, 2.45) is 0 Å². The second-order valence-corrected chi connectivity index (χ2v) is 10.8. The molecule has 11 heteroatoms. The van der Waals surface area contributed by atoms with E-state index in [-0.39, 0.29) is 18.1 Å². The molecular formula is C26H31F3N6O2. The van der Waals surface area contributed by atoms with Crippen LogP contribution in [0.2, 0.25) is 0 Å². The van der Waals surface area contributed by atoms with E-state index in [1.807, 2.05) is 18.5 Å². The van der Waals surface area contributed by atoms with Crippen molar-refractivity contribution in [3.63, 3.8) is 0 Å². The summed E-state index contributed by atoms with van der Waals surface area (Å²) in [5.74, 6) is 0.0698. The Bertz CT molecular complexity index is 1320. The van der Waals surface area contributed by atoms with Crippen molar-refractivity contribution < 1.29 is 23.0 Å². The first-order valence-corrected chi connectivity index (χ1v) is 12.8. The quantitative estimate of drug-likeness (QED) is 0.514. The molecule has 3 fully saturated rings. The molecule has 0 bridgehead atoms. The van der Waals surface area contributed by atoms with Gasteiger partial charge in [0.25, 0.3) is 0 Å². The molecule has 2 atom stereocenters. The molecule has 8 nitrogen and oxygen atoms in total. The largest absolute Gasteiger partial charge is 0.416 e. The van der Waals surface area contributed by atoms with Crippen molar-refractivity contribution >= 4 is 22.5 Å². The summed E-state index contributed by atoms with van der Waals surface area (Å²) >= 11 is 0. The third-order valence-electron chi connectivity index (χ3n) is 8.29. The minimum atomic E-state index is -4.48. The fraction of sp³-hybridized carbons (Fsp3) is 0.577. The second-order valence-electron chi connectivity index (χ2n) is 10.8. The molecule has 1 aromatic carbocycles. The highest BCUT2D eigenvalue weighted by Gasteiger charge is 2.45. The van der Waals surface area contributed by atoms with Gasteiger partial charge < -0.3 is 15.2 Å². The lowest BCUT2D eigenvalue weighted by atomic mass is 9.83. The average molecular weight is 517 g/mol. The maximum atomic E-state index is 14.1. The summed E-state index contributed by atoms with van der Waals surface area (Å²) in [5.41, 5.74) is 1.40. The highest BCUT2D eigenvalue weighted by atomic mass is 19.4. The first-order chi connectivity index (χ1) is 17.6. The number of aliphatic hydroxyl groups excluding tert-OH is 1. The van der Waals surface area contributed by atoms with Crippen LogP contribution in [-0.4, -0.2) is 67.7 Å². The van der Waals surface area contributed by atoms with Crippen molar-refractivity contribution in [1.82, 2.24) is 24.6 Å². The third kappa shape index (κ3) is 4.46. The number of piperidine rings is 1. The normalized spacial score (nSPS) is 25.7. The Balaban J connectivity index is 1.28. The van der Waals surface area contributed by atoms with Crippen LogP contribution in [0.4, 0.5) is 24.8 Å². The third-order valence-corrected chi connectivity index (χ3v) is 8.29.